The van der Waals surface area contributed by atoms with Gasteiger partial charge < -0.3 is 10.1 Å². The molecule has 0 aliphatic heterocycles. The van der Waals surface area contributed by atoms with Crippen LogP contribution in [0.4, 0.5) is 4.79 Å². The van der Waals surface area contributed by atoms with E-state index < -0.39 is 24.5 Å². The number of rotatable bonds is 4. The molecule has 0 spiro atoms. The van der Waals surface area contributed by atoms with Gasteiger partial charge in [-0.25, -0.2) is 9.59 Å². The van der Waals surface area contributed by atoms with Crippen molar-refractivity contribution in [2.45, 2.75) is 13.8 Å². The molecule has 0 atom stereocenters. The number of hydrogen-bond acceptors (Lipinski definition) is 4. The first-order valence-electron chi connectivity index (χ1n) is 5.84. The van der Waals surface area contributed by atoms with E-state index in [2.05, 4.69) is 5.32 Å². The van der Waals surface area contributed by atoms with Crippen molar-refractivity contribution in [1.82, 2.24) is 10.6 Å². The maximum Gasteiger partial charge on any atom is 0.338 e. The lowest BCUT2D eigenvalue weighted by Crippen LogP contribution is -2.41. The fraction of sp³-hybridized carbons (Fsp3) is 0.308. The topological polar surface area (TPSA) is 84.5 Å². The van der Waals surface area contributed by atoms with Crippen molar-refractivity contribution in [3.8, 4) is 0 Å². The van der Waals surface area contributed by atoms with Crippen LogP contribution >= 0.6 is 0 Å². The average molecular weight is 264 g/mol. The van der Waals surface area contributed by atoms with Gasteiger partial charge in [0.25, 0.3) is 5.91 Å². The van der Waals surface area contributed by atoms with Crippen LogP contribution in [-0.2, 0) is 9.53 Å². The fourth-order valence-electron chi connectivity index (χ4n) is 1.27. The monoisotopic (exact) mass is 264 g/mol. The Labute approximate surface area is 111 Å². The third-order valence-corrected chi connectivity index (χ3v) is 2.21. The summed E-state index contributed by atoms with van der Waals surface area (Å²) in [5.74, 6) is -1.28. The highest BCUT2D eigenvalue weighted by Gasteiger charge is 2.11. The van der Waals surface area contributed by atoms with E-state index in [1.54, 1.807) is 31.2 Å². The summed E-state index contributed by atoms with van der Waals surface area (Å²) >= 11 is 0. The zero-order chi connectivity index (χ0) is 14.3. The molecule has 0 fully saturated rings. The molecule has 0 heterocycles. The van der Waals surface area contributed by atoms with Gasteiger partial charge in [-0.15, -0.1) is 0 Å². The van der Waals surface area contributed by atoms with Crippen molar-refractivity contribution in [1.29, 1.82) is 0 Å². The molecule has 1 aromatic carbocycles. The Hall–Kier alpha value is -2.37. The maximum atomic E-state index is 11.6. The summed E-state index contributed by atoms with van der Waals surface area (Å²) in [6.45, 7) is 3.53. The summed E-state index contributed by atoms with van der Waals surface area (Å²) in [7, 11) is 0. The molecule has 0 saturated heterocycles. The Bertz CT molecular complexity index is 468. The van der Waals surface area contributed by atoms with Crippen LogP contribution in [0.2, 0.25) is 0 Å². The number of benzene rings is 1. The fourth-order valence-corrected chi connectivity index (χ4v) is 1.27. The standard InChI is InChI=1S/C13H16N2O4/c1-3-14-13(18)15-11(16)8-19-12(17)10-6-4-9(2)5-7-10/h4-7H,3,8H2,1-2H3,(H2,14,15,16,18). The summed E-state index contributed by atoms with van der Waals surface area (Å²) < 4.78 is 4.78. The molecule has 0 aromatic heterocycles. The molecule has 6 heteroatoms. The van der Waals surface area contributed by atoms with Crippen LogP contribution in [0.15, 0.2) is 24.3 Å². The highest BCUT2D eigenvalue weighted by molar-refractivity contribution is 5.96. The predicted molar refractivity (Wildman–Crippen MR) is 68.7 cm³/mol. The number of esters is 1. The van der Waals surface area contributed by atoms with Gasteiger partial charge in [-0.1, -0.05) is 17.7 Å². The lowest BCUT2D eigenvalue weighted by molar-refractivity contribution is -0.123. The van der Waals surface area contributed by atoms with Crippen molar-refractivity contribution >= 4 is 17.9 Å². The molecule has 19 heavy (non-hydrogen) atoms. The van der Waals surface area contributed by atoms with Crippen molar-refractivity contribution in [2.75, 3.05) is 13.2 Å². The van der Waals surface area contributed by atoms with Gasteiger partial charge in [0.15, 0.2) is 6.61 Å². The van der Waals surface area contributed by atoms with E-state index in [-0.39, 0.29) is 0 Å². The molecule has 102 valence electrons. The molecule has 0 aliphatic carbocycles. The number of ether oxygens (including phenoxy) is 1. The second-order valence-corrected chi connectivity index (χ2v) is 3.85. The maximum absolute atomic E-state index is 11.6. The van der Waals surface area contributed by atoms with Gasteiger partial charge in [0.1, 0.15) is 0 Å². The number of carbonyl (C=O) groups is 3. The molecular weight excluding hydrogens is 248 g/mol. The number of nitrogens with one attached hydrogen (secondary N) is 2. The number of hydrogen-bond donors (Lipinski definition) is 2. The van der Waals surface area contributed by atoms with Crippen LogP contribution in [0.3, 0.4) is 0 Å². The molecular formula is C13H16N2O4. The molecule has 2 N–H and O–H groups in total. The number of urea groups is 1. The molecule has 0 saturated carbocycles. The van der Waals surface area contributed by atoms with E-state index in [1.807, 2.05) is 12.2 Å². The van der Waals surface area contributed by atoms with E-state index in [9.17, 15) is 14.4 Å². The zero-order valence-corrected chi connectivity index (χ0v) is 10.9. The summed E-state index contributed by atoms with van der Waals surface area (Å²) in [6, 6.07) is 6.15. The molecule has 0 bridgehead atoms. The van der Waals surface area contributed by atoms with E-state index in [1.165, 1.54) is 0 Å². The Balaban J connectivity index is 2.40. The highest BCUT2D eigenvalue weighted by Crippen LogP contribution is 2.04. The predicted octanol–water partition coefficient (Wildman–Crippen LogP) is 0.998. The average Bonchev–Trinajstić information content (AvgIpc) is 2.37. The van der Waals surface area contributed by atoms with Gasteiger partial charge in [-0.3, -0.25) is 10.1 Å². The van der Waals surface area contributed by atoms with Crippen molar-refractivity contribution in [3.63, 3.8) is 0 Å². The quantitative estimate of drug-likeness (QED) is 0.794. The molecule has 0 unspecified atom stereocenters. The Morgan fingerprint density at radius 1 is 1.16 bits per heavy atom. The van der Waals surface area contributed by atoms with Gasteiger partial charge in [0, 0.05) is 6.54 Å². The highest BCUT2D eigenvalue weighted by atomic mass is 16.5. The lowest BCUT2D eigenvalue weighted by Gasteiger charge is -2.06. The lowest BCUT2D eigenvalue weighted by atomic mass is 10.1. The molecule has 0 aliphatic rings. The number of aryl methyl sites for hydroxylation is 1. The van der Waals surface area contributed by atoms with Crippen LogP contribution in [0.5, 0.6) is 0 Å². The van der Waals surface area contributed by atoms with Crippen LogP contribution in [0, 0.1) is 6.92 Å². The van der Waals surface area contributed by atoms with E-state index >= 15 is 0 Å². The van der Waals surface area contributed by atoms with Gasteiger partial charge in [0.2, 0.25) is 0 Å². The van der Waals surface area contributed by atoms with E-state index in [0.717, 1.165) is 5.56 Å². The van der Waals surface area contributed by atoms with Crippen molar-refractivity contribution < 1.29 is 19.1 Å². The Morgan fingerprint density at radius 3 is 2.37 bits per heavy atom. The second kappa shape index (κ2) is 7.15. The Morgan fingerprint density at radius 2 is 1.79 bits per heavy atom. The largest absolute Gasteiger partial charge is 0.452 e. The number of amides is 3. The van der Waals surface area contributed by atoms with Gasteiger partial charge >= 0.3 is 12.0 Å². The SMILES string of the molecule is CCNC(=O)NC(=O)COC(=O)c1ccc(C)cc1. The van der Waals surface area contributed by atoms with Crippen molar-refractivity contribution in [2.24, 2.45) is 0 Å². The smallest absolute Gasteiger partial charge is 0.338 e. The van der Waals surface area contributed by atoms with E-state index in [0.29, 0.717) is 12.1 Å². The van der Waals surface area contributed by atoms with Crippen LogP contribution in [0.25, 0.3) is 0 Å². The zero-order valence-electron chi connectivity index (χ0n) is 10.9. The first kappa shape index (κ1) is 14.7. The first-order valence-corrected chi connectivity index (χ1v) is 5.84. The van der Waals surface area contributed by atoms with Gasteiger partial charge in [0.05, 0.1) is 5.56 Å². The van der Waals surface area contributed by atoms with Gasteiger partial charge in [-0.2, -0.15) is 0 Å². The minimum atomic E-state index is -0.675. The van der Waals surface area contributed by atoms with Gasteiger partial charge in [-0.05, 0) is 26.0 Å². The van der Waals surface area contributed by atoms with Crippen LogP contribution in [-0.4, -0.2) is 31.1 Å². The van der Waals surface area contributed by atoms with Crippen molar-refractivity contribution in [3.05, 3.63) is 35.4 Å². The normalized spacial score (nSPS) is 9.58. The number of carbonyl (C=O) groups excluding carboxylic acids is 3. The number of imide groups is 1. The molecule has 1 rings (SSSR count). The Kier molecular flexibility index (Phi) is 5.53. The van der Waals surface area contributed by atoms with Crippen LogP contribution in [0.1, 0.15) is 22.8 Å². The molecule has 6 nitrogen and oxygen atoms in total. The minimum Gasteiger partial charge on any atom is -0.452 e. The molecule has 1 aromatic rings. The van der Waals surface area contributed by atoms with E-state index in [4.69, 9.17) is 4.74 Å². The molecule has 0 radical (unpaired) electrons. The second-order valence-electron chi connectivity index (χ2n) is 3.85. The summed E-state index contributed by atoms with van der Waals surface area (Å²) in [4.78, 5) is 33.9. The third-order valence-electron chi connectivity index (χ3n) is 2.21. The summed E-state index contributed by atoms with van der Waals surface area (Å²) in [6.07, 6.45) is 0. The summed E-state index contributed by atoms with van der Waals surface area (Å²) in [5, 5.41) is 4.42. The third kappa shape index (κ3) is 5.20. The van der Waals surface area contributed by atoms with Crippen LogP contribution < -0.4 is 10.6 Å². The minimum absolute atomic E-state index is 0.358. The summed E-state index contributed by atoms with van der Waals surface area (Å²) in [5.41, 5.74) is 1.38. The molecule has 3 amide bonds. The first-order chi connectivity index (χ1) is 9.02.